The molecule has 0 radical (unpaired) electrons. The summed E-state index contributed by atoms with van der Waals surface area (Å²) in [6.45, 7) is 0. The van der Waals surface area contributed by atoms with Crippen LogP contribution >= 0.6 is 15.9 Å². The van der Waals surface area contributed by atoms with E-state index in [0.717, 1.165) is 43.2 Å². The molecule has 180 valence electrons. The number of fused-ring (bicyclic) bond motifs is 3. The number of allylic oxidation sites excluding steroid dienone is 6. The number of halogens is 1. The number of aromatic hydroxyl groups is 1. The summed E-state index contributed by atoms with van der Waals surface area (Å²) in [7, 11) is 0. The van der Waals surface area contributed by atoms with Gasteiger partial charge in [-0.15, -0.1) is 0 Å². The quantitative estimate of drug-likeness (QED) is 0.342. The average Bonchev–Trinajstić information content (AvgIpc) is 3.12. The Balaban J connectivity index is 1.45. The summed E-state index contributed by atoms with van der Waals surface area (Å²) in [6, 6.07) is 6.64. The van der Waals surface area contributed by atoms with Crippen molar-refractivity contribution in [2.75, 3.05) is 0 Å². The third-order valence-electron chi connectivity index (χ3n) is 8.53. The molecular weight excluding hydrogens is 510 g/mol. The minimum absolute atomic E-state index is 0.0287. The molecule has 1 N–H and O–H groups in total. The van der Waals surface area contributed by atoms with Gasteiger partial charge in [0.2, 0.25) is 11.8 Å². The molecule has 4 aliphatic carbocycles. The molecule has 1 saturated carbocycles. The molecule has 0 bridgehead atoms. The molecule has 2 fully saturated rings. The number of hydrogen-bond donors (Lipinski definition) is 1. The molecule has 6 rings (SSSR count). The van der Waals surface area contributed by atoms with Crippen LogP contribution in [0.1, 0.15) is 56.4 Å². The van der Waals surface area contributed by atoms with Crippen LogP contribution in [0, 0.1) is 17.8 Å². The van der Waals surface area contributed by atoms with E-state index in [4.69, 9.17) is 0 Å². The Labute approximate surface area is 211 Å². The van der Waals surface area contributed by atoms with Gasteiger partial charge in [0.15, 0.2) is 11.6 Å². The first kappa shape index (κ1) is 22.7. The van der Waals surface area contributed by atoms with Gasteiger partial charge in [-0.1, -0.05) is 43.0 Å². The fourth-order valence-corrected chi connectivity index (χ4v) is 7.42. The SMILES string of the molecule is O=C1C=C(Br)C(=O)C2=C1[C@@H](c1ccc(O)cc1)C1=CC[C@@H]3C(=O)N(C4CCCCC4)C(=O)[C@@H]3[C@@H]1C2. The van der Waals surface area contributed by atoms with Crippen LogP contribution in [-0.2, 0) is 19.2 Å². The minimum Gasteiger partial charge on any atom is -0.508 e. The number of rotatable bonds is 2. The minimum atomic E-state index is -0.509. The van der Waals surface area contributed by atoms with E-state index in [1.54, 1.807) is 29.2 Å². The Kier molecular flexibility index (Phi) is 5.44. The molecule has 35 heavy (non-hydrogen) atoms. The summed E-state index contributed by atoms with van der Waals surface area (Å²) in [4.78, 5) is 55.2. The van der Waals surface area contributed by atoms with E-state index in [9.17, 15) is 24.3 Å². The van der Waals surface area contributed by atoms with Gasteiger partial charge in [0.25, 0.3) is 0 Å². The first-order valence-electron chi connectivity index (χ1n) is 12.4. The van der Waals surface area contributed by atoms with E-state index in [-0.39, 0.29) is 52.0 Å². The number of likely N-dealkylation sites (tertiary alicyclic amines) is 1. The van der Waals surface area contributed by atoms with Crippen LogP contribution in [0.3, 0.4) is 0 Å². The van der Waals surface area contributed by atoms with Crippen LogP contribution in [0.25, 0.3) is 0 Å². The van der Waals surface area contributed by atoms with E-state index >= 15 is 0 Å². The number of amides is 2. The Morgan fingerprint density at radius 1 is 0.914 bits per heavy atom. The number of carbonyl (C=O) groups excluding carboxylic acids is 4. The lowest BCUT2D eigenvalue weighted by Crippen LogP contribution is -2.43. The van der Waals surface area contributed by atoms with Crippen molar-refractivity contribution in [1.29, 1.82) is 0 Å². The molecule has 1 aromatic carbocycles. The number of carbonyl (C=O) groups is 4. The standard InChI is InChI=1S/C28H26BrNO5/c29-21-13-22(32)25-20(26(21)33)12-19-17(23(25)14-6-8-16(31)9-7-14)10-11-18-24(19)28(35)30(27(18)34)15-4-2-1-3-5-15/h6-10,13,15,18-19,23-24,31H,1-5,11-12H2/t18-,19+,23-,24-/m0/s1. The zero-order valence-corrected chi connectivity index (χ0v) is 20.8. The number of ketones is 2. The van der Waals surface area contributed by atoms with Gasteiger partial charge in [-0.25, -0.2) is 0 Å². The molecular formula is C28H26BrNO5. The molecule has 1 aromatic rings. The highest BCUT2D eigenvalue weighted by atomic mass is 79.9. The van der Waals surface area contributed by atoms with Crippen molar-refractivity contribution in [3.8, 4) is 5.75 Å². The second-order valence-electron chi connectivity index (χ2n) is 10.3. The van der Waals surface area contributed by atoms with Crippen LogP contribution in [0.2, 0.25) is 0 Å². The number of imide groups is 1. The molecule has 5 aliphatic rings. The van der Waals surface area contributed by atoms with Gasteiger partial charge in [0, 0.05) is 29.2 Å². The van der Waals surface area contributed by atoms with Gasteiger partial charge in [-0.2, -0.15) is 0 Å². The average molecular weight is 536 g/mol. The van der Waals surface area contributed by atoms with Crippen molar-refractivity contribution in [3.05, 3.63) is 63.2 Å². The predicted octanol–water partition coefficient (Wildman–Crippen LogP) is 4.49. The maximum atomic E-state index is 13.8. The summed E-state index contributed by atoms with van der Waals surface area (Å²) in [6.07, 6.45) is 9.02. The third kappa shape index (κ3) is 3.42. The molecule has 0 spiro atoms. The first-order chi connectivity index (χ1) is 16.9. The Bertz CT molecular complexity index is 1250. The van der Waals surface area contributed by atoms with Crippen LogP contribution in [-0.4, -0.2) is 39.4 Å². The van der Waals surface area contributed by atoms with Gasteiger partial charge < -0.3 is 5.11 Å². The molecule has 0 aromatic heterocycles. The topological polar surface area (TPSA) is 91.8 Å². The van der Waals surface area contributed by atoms with E-state index in [2.05, 4.69) is 15.9 Å². The molecule has 4 atom stereocenters. The highest BCUT2D eigenvalue weighted by Crippen LogP contribution is 2.55. The summed E-state index contributed by atoms with van der Waals surface area (Å²) in [5.41, 5.74) is 2.61. The summed E-state index contributed by atoms with van der Waals surface area (Å²) >= 11 is 3.25. The van der Waals surface area contributed by atoms with Gasteiger partial charge >= 0.3 is 0 Å². The fourth-order valence-electron chi connectivity index (χ4n) is 6.98. The lowest BCUT2D eigenvalue weighted by Gasteiger charge is -2.42. The van der Waals surface area contributed by atoms with E-state index in [1.807, 2.05) is 6.08 Å². The molecule has 7 heteroatoms. The van der Waals surface area contributed by atoms with Crippen molar-refractivity contribution in [2.45, 2.75) is 56.9 Å². The van der Waals surface area contributed by atoms with Gasteiger partial charge in [0.05, 0.1) is 16.3 Å². The smallest absolute Gasteiger partial charge is 0.233 e. The number of benzene rings is 1. The molecule has 1 aliphatic heterocycles. The lowest BCUT2D eigenvalue weighted by molar-refractivity contribution is -0.143. The van der Waals surface area contributed by atoms with Crippen molar-refractivity contribution in [2.24, 2.45) is 17.8 Å². The van der Waals surface area contributed by atoms with E-state index < -0.39 is 17.8 Å². The molecule has 1 saturated heterocycles. The largest absolute Gasteiger partial charge is 0.508 e. The highest BCUT2D eigenvalue weighted by Gasteiger charge is 2.57. The van der Waals surface area contributed by atoms with Crippen molar-refractivity contribution in [1.82, 2.24) is 4.90 Å². The molecule has 6 nitrogen and oxygen atoms in total. The maximum absolute atomic E-state index is 13.8. The molecule has 0 unspecified atom stereocenters. The van der Waals surface area contributed by atoms with Crippen molar-refractivity contribution >= 4 is 39.3 Å². The van der Waals surface area contributed by atoms with Crippen LogP contribution in [0.4, 0.5) is 0 Å². The second-order valence-corrected chi connectivity index (χ2v) is 11.2. The Hall–Kier alpha value is -2.80. The van der Waals surface area contributed by atoms with Crippen LogP contribution < -0.4 is 0 Å². The van der Waals surface area contributed by atoms with E-state index in [1.165, 1.54) is 6.08 Å². The first-order valence-corrected chi connectivity index (χ1v) is 13.2. The Morgan fingerprint density at radius 2 is 1.63 bits per heavy atom. The Morgan fingerprint density at radius 3 is 2.34 bits per heavy atom. The zero-order valence-electron chi connectivity index (χ0n) is 19.2. The third-order valence-corrected chi connectivity index (χ3v) is 9.12. The number of Topliss-reactive ketones (excluding diaryl/α,β-unsaturated/α-hetero) is 1. The fraction of sp³-hybridized carbons (Fsp3) is 0.429. The van der Waals surface area contributed by atoms with Crippen molar-refractivity contribution < 1.29 is 24.3 Å². The summed E-state index contributed by atoms with van der Waals surface area (Å²) in [5.74, 6) is -2.23. The summed E-state index contributed by atoms with van der Waals surface area (Å²) in [5, 5.41) is 9.84. The van der Waals surface area contributed by atoms with E-state index in [0.29, 0.717) is 17.6 Å². The number of hydrogen-bond acceptors (Lipinski definition) is 5. The second kappa shape index (κ2) is 8.40. The lowest BCUT2D eigenvalue weighted by atomic mass is 9.59. The predicted molar refractivity (Wildman–Crippen MR) is 131 cm³/mol. The molecule has 1 heterocycles. The van der Waals surface area contributed by atoms with Crippen molar-refractivity contribution in [3.63, 3.8) is 0 Å². The number of nitrogens with zero attached hydrogens (tertiary/aromatic N) is 1. The summed E-state index contributed by atoms with van der Waals surface area (Å²) < 4.78 is 0.225. The highest BCUT2D eigenvalue weighted by molar-refractivity contribution is 9.12. The normalized spacial score (nSPS) is 31.2. The monoisotopic (exact) mass is 535 g/mol. The number of phenols is 1. The number of phenolic OH excluding ortho intramolecular Hbond substituents is 1. The van der Waals surface area contributed by atoms with Crippen LogP contribution in [0.15, 0.2) is 57.6 Å². The van der Waals surface area contributed by atoms with Gasteiger partial charge in [-0.05, 0) is 65.2 Å². The molecule has 2 amide bonds. The maximum Gasteiger partial charge on any atom is 0.233 e. The van der Waals surface area contributed by atoms with Crippen LogP contribution in [0.5, 0.6) is 5.75 Å². The zero-order chi connectivity index (χ0) is 24.4. The van der Waals surface area contributed by atoms with Gasteiger partial charge in [0.1, 0.15) is 5.75 Å². The van der Waals surface area contributed by atoms with Gasteiger partial charge in [-0.3, -0.25) is 24.1 Å².